The predicted molar refractivity (Wildman–Crippen MR) is 125 cm³/mol. The van der Waals surface area contributed by atoms with Crippen molar-refractivity contribution in [1.29, 1.82) is 0 Å². The molecule has 0 unspecified atom stereocenters. The zero-order valence-corrected chi connectivity index (χ0v) is 20.4. The molecule has 0 aliphatic carbocycles. The molecule has 2 aromatic carbocycles. The van der Waals surface area contributed by atoms with Gasteiger partial charge in [0.1, 0.15) is 37.8 Å². The fourth-order valence-corrected chi connectivity index (χ4v) is 3.56. The monoisotopic (exact) mass is 504 g/mol. The molecule has 0 radical (unpaired) electrons. The minimum Gasteiger partial charge on any atom is -0.491 e. The molecule has 0 bridgehead atoms. The Morgan fingerprint density at radius 2 is 1.50 bits per heavy atom. The molecule has 6 nitrogen and oxygen atoms in total. The Kier molecular flexibility index (Phi) is 9.92. The third kappa shape index (κ3) is 7.42. The van der Waals surface area contributed by atoms with Crippen LogP contribution in [-0.2, 0) is 14.9 Å². The lowest BCUT2D eigenvalue weighted by Gasteiger charge is -2.27. The third-order valence-electron chi connectivity index (χ3n) is 4.82. The second-order valence-corrected chi connectivity index (χ2v) is 8.93. The van der Waals surface area contributed by atoms with E-state index < -0.39 is 23.6 Å². The zero-order valence-electron chi connectivity index (χ0n) is 18.1. The van der Waals surface area contributed by atoms with Crippen molar-refractivity contribution in [2.45, 2.75) is 38.4 Å². The van der Waals surface area contributed by atoms with Gasteiger partial charge in [-0.2, -0.15) is 0 Å². The van der Waals surface area contributed by atoms with Gasteiger partial charge in [0, 0.05) is 12.3 Å². The summed E-state index contributed by atoms with van der Waals surface area (Å²) in [5, 5.41) is 20.1. The molecule has 0 fully saturated rings. The predicted octanol–water partition coefficient (Wildman–Crippen LogP) is 4.60. The van der Waals surface area contributed by atoms with Gasteiger partial charge in [-0.3, -0.25) is 4.79 Å². The van der Waals surface area contributed by atoms with Crippen molar-refractivity contribution in [1.82, 2.24) is 0 Å². The molecule has 2 rings (SSSR count). The van der Waals surface area contributed by atoms with E-state index >= 15 is 0 Å². The zero-order chi connectivity index (χ0) is 23.9. The molecule has 0 heterocycles. The van der Waals surface area contributed by atoms with E-state index in [1.807, 2.05) is 26.0 Å². The molecule has 0 amide bonds. The van der Waals surface area contributed by atoms with Crippen LogP contribution in [0.5, 0.6) is 11.5 Å². The van der Waals surface area contributed by atoms with E-state index in [4.69, 9.17) is 49.0 Å². The summed E-state index contributed by atoms with van der Waals surface area (Å²) in [6, 6.07) is 11.0. The first-order chi connectivity index (χ1) is 15.0. The minimum atomic E-state index is -0.911. The van der Waals surface area contributed by atoms with Gasteiger partial charge in [-0.15, -0.1) is 11.6 Å². The average molecular weight is 506 g/mol. The number of ether oxygens (including phenoxy) is 3. The van der Waals surface area contributed by atoms with Crippen LogP contribution in [0, 0.1) is 0 Å². The summed E-state index contributed by atoms with van der Waals surface area (Å²) in [5.74, 6) is 0.464. The van der Waals surface area contributed by atoms with Crippen LogP contribution in [0.2, 0.25) is 10.0 Å². The third-order valence-corrected chi connectivity index (χ3v) is 5.73. The first-order valence-corrected chi connectivity index (χ1v) is 11.2. The number of esters is 1. The smallest absolute Gasteiger partial charge is 0.302 e. The average Bonchev–Trinajstić information content (AvgIpc) is 2.75. The van der Waals surface area contributed by atoms with Crippen molar-refractivity contribution in [2.75, 3.05) is 25.7 Å². The Bertz CT molecular complexity index is 878. The number of hydrogen-bond acceptors (Lipinski definition) is 6. The van der Waals surface area contributed by atoms with E-state index in [0.717, 1.165) is 11.1 Å². The molecule has 0 spiro atoms. The van der Waals surface area contributed by atoms with Crippen molar-refractivity contribution in [3.05, 3.63) is 57.6 Å². The SMILES string of the molecule is CC(=O)OC[C@@H](O)COc1ccc(C(C)(C)c2cc(Cl)c(OC[C@H](O)CCl)c(Cl)c2)cc1. The summed E-state index contributed by atoms with van der Waals surface area (Å²) in [7, 11) is 0. The Balaban J connectivity index is 2.10. The lowest BCUT2D eigenvalue weighted by molar-refractivity contribution is -0.144. The number of carbonyl (C=O) groups is 1. The number of carbonyl (C=O) groups excluding carboxylic acids is 1. The summed E-state index contributed by atoms with van der Waals surface area (Å²) < 4.78 is 15.8. The molecule has 0 saturated carbocycles. The van der Waals surface area contributed by atoms with Crippen LogP contribution in [0.3, 0.4) is 0 Å². The van der Waals surface area contributed by atoms with Gasteiger partial charge in [0.05, 0.1) is 15.9 Å². The summed E-state index contributed by atoms with van der Waals surface area (Å²) in [6.45, 7) is 5.22. The van der Waals surface area contributed by atoms with Crippen LogP contribution >= 0.6 is 34.8 Å². The van der Waals surface area contributed by atoms with Crippen molar-refractivity contribution in [3.63, 3.8) is 0 Å². The van der Waals surface area contributed by atoms with Crippen molar-refractivity contribution < 1.29 is 29.2 Å². The molecular formula is C23H27Cl3O6. The fraction of sp³-hybridized carbons (Fsp3) is 0.435. The Morgan fingerprint density at radius 3 is 2.03 bits per heavy atom. The summed E-state index contributed by atoms with van der Waals surface area (Å²) in [6.07, 6.45) is -1.73. The van der Waals surface area contributed by atoms with Gasteiger partial charge in [0.2, 0.25) is 0 Å². The van der Waals surface area contributed by atoms with Gasteiger partial charge in [0.15, 0.2) is 5.75 Å². The van der Waals surface area contributed by atoms with Crippen LogP contribution in [0.4, 0.5) is 0 Å². The van der Waals surface area contributed by atoms with Gasteiger partial charge >= 0.3 is 5.97 Å². The molecule has 2 N–H and O–H groups in total. The van der Waals surface area contributed by atoms with E-state index in [2.05, 4.69) is 0 Å². The summed E-state index contributed by atoms with van der Waals surface area (Å²) >= 11 is 18.4. The maximum atomic E-state index is 10.8. The molecule has 0 aliphatic rings. The van der Waals surface area contributed by atoms with E-state index in [-0.39, 0.29) is 25.7 Å². The highest BCUT2D eigenvalue weighted by molar-refractivity contribution is 6.37. The number of aliphatic hydroxyl groups is 2. The van der Waals surface area contributed by atoms with E-state index in [9.17, 15) is 15.0 Å². The summed E-state index contributed by atoms with van der Waals surface area (Å²) in [5.41, 5.74) is 1.43. The first kappa shape index (κ1) is 26.6. The molecular weight excluding hydrogens is 479 g/mol. The maximum absolute atomic E-state index is 10.8. The highest BCUT2D eigenvalue weighted by Crippen LogP contribution is 2.40. The number of alkyl halides is 1. The van der Waals surface area contributed by atoms with Crippen LogP contribution in [-0.4, -0.2) is 54.1 Å². The van der Waals surface area contributed by atoms with Gasteiger partial charge in [0.25, 0.3) is 0 Å². The Morgan fingerprint density at radius 1 is 0.938 bits per heavy atom. The van der Waals surface area contributed by atoms with Crippen LogP contribution in [0.25, 0.3) is 0 Å². The number of hydrogen-bond donors (Lipinski definition) is 2. The van der Waals surface area contributed by atoms with Crippen LogP contribution < -0.4 is 9.47 Å². The van der Waals surface area contributed by atoms with E-state index in [0.29, 0.717) is 21.5 Å². The van der Waals surface area contributed by atoms with E-state index in [1.165, 1.54) is 6.92 Å². The number of benzene rings is 2. The van der Waals surface area contributed by atoms with Gasteiger partial charge < -0.3 is 24.4 Å². The highest BCUT2D eigenvalue weighted by atomic mass is 35.5. The molecule has 9 heteroatoms. The minimum absolute atomic E-state index is 0.00110. The second kappa shape index (κ2) is 12.0. The van der Waals surface area contributed by atoms with Crippen molar-refractivity contribution >= 4 is 40.8 Å². The lowest BCUT2D eigenvalue weighted by Crippen LogP contribution is -2.24. The van der Waals surface area contributed by atoms with Gasteiger partial charge in [-0.25, -0.2) is 0 Å². The molecule has 2 aromatic rings. The normalized spacial score (nSPS) is 13.4. The molecule has 0 aromatic heterocycles. The lowest BCUT2D eigenvalue weighted by atomic mass is 9.78. The number of halogens is 3. The van der Waals surface area contributed by atoms with Gasteiger partial charge in [-0.05, 0) is 35.4 Å². The molecule has 0 aliphatic heterocycles. The van der Waals surface area contributed by atoms with Crippen LogP contribution in [0.1, 0.15) is 31.9 Å². The fourth-order valence-electron chi connectivity index (χ4n) is 2.87. The quantitative estimate of drug-likeness (QED) is 0.343. The standard InChI is InChI=1S/C23H27Cl3O6/c1-14(27)30-12-18(29)13-31-19-6-4-15(5-7-19)23(2,3)16-8-20(25)22(21(26)9-16)32-11-17(28)10-24/h4-9,17-18,28-29H,10-13H2,1-3H3/t17-,18-/m1/s1. The molecule has 0 saturated heterocycles. The Labute approximate surface area is 203 Å². The largest absolute Gasteiger partial charge is 0.491 e. The van der Waals surface area contributed by atoms with Crippen molar-refractivity contribution in [2.24, 2.45) is 0 Å². The van der Waals surface area contributed by atoms with Gasteiger partial charge in [-0.1, -0.05) is 49.2 Å². The maximum Gasteiger partial charge on any atom is 0.302 e. The van der Waals surface area contributed by atoms with E-state index in [1.54, 1.807) is 24.3 Å². The highest BCUT2D eigenvalue weighted by Gasteiger charge is 2.26. The molecule has 2 atom stereocenters. The molecule has 176 valence electrons. The first-order valence-electron chi connectivity index (χ1n) is 9.95. The van der Waals surface area contributed by atoms with Crippen LogP contribution in [0.15, 0.2) is 36.4 Å². The topological polar surface area (TPSA) is 85.2 Å². The van der Waals surface area contributed by atoms with Crippen molar-refractivity contribution in [3.8, 4) is 11.5 Å². The number of rotatable bonds is 11. The summed E-state index contributed by atoms with van der Waals surface area (Å²) in [4.78, 5) is 10.8. The second-order valence-electron chi connectivity index (χ2n) is 7.80. The number of aliphatic hydroxyl groups excluding tert-OH is 2. The Hall–Kier alpha value is -1.70. The molecule has 32 heavy (non-hydrogen) atoms.